The minimum Gasteiger partial charge on any atom is -0.447 e. The topological polar surface area (TPSA) is 49.5 Å². The van der Waals surface area contributed by atoms with Crippen LogP contribution in [0.5, 0.6) is 0 Å². The van der Waals surface area contributed by atoms with E-state index in [0.29, 0.717) is 11.7 Å². The molecule has 1 fully saturated rings. The second kappa shape index (κ2) is 4.55. The Morgan fingerprint density at radius 3 is 2.81 bits per heavy atom. The molecule has 2 heterocycles. The fraction of sp³-hybridized carbons (Fsp3) is 0.750. The zero-order valence-corrected chi connectivity index (χ0v) is 10.2. The summed E-state index contributed by atoms with van der Waals surface area (Å²) in [7, 11) is 0. The van der Waals surface area contributed by atoms with Gasteiger partial charge in [0.15, 0.2) is 0 Å². The predicted octanol–water partition coefficient (Wildman–Crippen LogP) is 2.27. The third kappa shape index (κ3) is 2.13. The molecule has 2 atom stereocenters. The summed E-state index contributed by atoms with van der Waals surface area (Å²) in [5.41, 5.74) is 0.630. The van der Waals surface area contributed by atoms with Gasteiger partial charge in [-0.1, -0.05) is 0 Å². The van der Waals surface area contributed by atoms with E-state index >= 15 is 0 Å². The summed E-state index contributed by atoms with van der Waals surface area (Å²) in [5.74, 6) is 0.752. The summed E-state index contributed by atoms with van der Waals surface area (Å²) in [4.78, 5) is 6.77. The van der Waals surface area contributed by atoms with E-state index < -0.39 is 6.10 Å². The van der Waals surface area contributed by atoms with Crippen LogP contribution in [0.25, 0.3) is 0 Å². The molecule has 0 saturated carbocycles. The van der Waals surface area contributed by atoms with Gasteiger partial charge >= 0.3 is 0 Å². The molecule has 0 bridgehead atoms. The van der Waals surface area contributed by atoms with Crippen molar-refractivity contribution in [3.8, 4) is 0 Å². The van der Waals surface area contributed by atoms with Crippen LogP contribution in [0.15, 0.2) is 10.7 Å². The Bertz CT molecular complexity index is 347. The minimum absolute atomic E-state index is 0.285. The van der Waals surface area contributed by atoms with Gasteiger partial charge in [-0.25, -0.2) is 4.98 Å². The molecular formula is C12H20N2O2. The van der Waals surface area contributed by atoms with Crippen molar-refractivity contribution < 1.29 is 9.52 Å². The zero-order chi connectivity index (χ0) is 11.7. The highest BCUT2D eigenvalue weighted by Crippen LogP contribution is 2.33. The molecule has 16 heavy (non-hydrogen) atoms. The number of likely N-dealkylation sites (tertiary alicyclic amines) is 1. The fourth-order valence-electron chi connectivity index (χ4n) is 2.32. The van der Waals surface area contributed by atoms with Crippen LogP contribution in [0, 0.1) is 0 Å². The van der Waals surface area contributed by atoms with Crippen molar-refractivity contribution in [1.29, 1.82) is 0 Å². The highest BCUT2D eigenvalue weighted by molar-refractivity contribution is 5.04. The number of hydrogen-bond donors (Lipinski definition) is 1. The molecule has 1 saturated heterocycles. The molecule has 0 aromatic carbocycles. The van der Waals surface area contributed by atoms with Gasteiger partial charge in [-0.2, -0.15) is 0 Å². The molecule has 2 unspecified atom stereocenters. The largest absolute Gasteiger partial charge is 0.447 e. The third-order valence-electron chi connectivity index (χ3n) is 3.21. The number of nitrogens with zero attached hydrogens (tertiary/aromatic N) is 2. The molecule has 0 amide bonds. The van der Waals surface area contributed by atoms with Gasteiger partial charge in [0, 0.05) is 6.04 Å². The van der Waals surface area contributed by atoms with Crippen LogP contribution in [0.4, 0.5) is 0 Å². The van der Waals surface area contributed by atoms with E-state index in [-0.39, 0.29) is 6.04 Å². The van der Waals surface area contributed by atoms with Gasteiger partial charge in [0.1, 0.15) is 12.0 Å². The average molecular weight is 224 g/mol. The standard InChI is InChI=1S/C12H20N2O2/c1-8(2)14-6-4-5-11(14)12-13-10(7-16-12)9(3)15/h7-9,11,15H,4-6H2,1-3H3. The maximum absolute atomic E-state index is 9.42. The first-order valence-corrected chi connectivity index (χ1v) is 5.98. The van der Waals surface area contributed by atoms with Gasteiger partial charge in [-0.15, -0.1) is 0 Å². The first kappa shape index (κ1) is 11.6. The molecule has 0 spiro atoms. The molecule has 90 valence electrons. The molecule has 1 aromatic heterocycles. The zero-order valence-electron chi connectivity index (χ0n) is 10.2. The van der Waals surface area contributed by atoms with Crippen LogP contribution in [0.1, 0.15) is 57.3 Å². The predicted molar refractivity (Wildman–Crippen MR) is 61.0 cm³/mol. The van der Waals surface area contributed by atoms with Crippen molar-refractivity contribution in [2.45, 2.75) is 51.8 Å². The number of oxazole rings is 1. The fourth-order valence-corrected chi connectivity index (χ4v) is 2.32. The van der Waals surface area contributed by atoms with Crippen LogP contribution in [0.2, 0.25) is 0 Å². The maximum Gasteiger partial charge on any atom is 0.211 e. The minimum atomic E-state index is -0.550. The monoisotopic (exact) mass is 224 g/mol. The molecule has 1 aliphatic rings. The first-order chi connectivity index (χ1) is 7.59. The highest BCUT2D eigenvalue weighted by Gasteiger charge is 2.31. The molecular weight excluding hydrogens is 204 g/mol. The van der Waals surface area contributed by atoms with E-state index in [1.807, 2.05) is 0 Å². The lowest BCUT2D eigenvalue weighted by Crippen LogP contribution is -2.30. The van der Waals surface area contributed by atoms with Crippen molar-refractivity contribution in [2.75, 3.05) is 6.54 Å². The Morgan fingerprint density at radius 2 is 2.25 bits per heavy atom. The summed E-state index contributed by atoms with van der Waals surface area (Å²) in [6.07, 6.45) is 3.30. The van der Waals surface area contributed by atoms with Crippen LogP contribution in [-0.4, -0.2) is 27.6 Å². The summed E-state index contributed by atoms with van der Waals surface area (Å²) in [6.45, 7) is 7.19. The lowest BCUT2D eigenvalue weighted by Gasteiger charge is -2.25. The van der Waals surface area contributed by atoms with E-state index in [1.54, 1.807) is 13.2 Å². The van der Waals surface area contributed by atoms with Crippen molar-refractivity contribution in [3.63, 3.8) is 0 Å². The molecule has 1 aromatic rings. The van der Waals surface area contributed by atoms with E-state index in [1.165, 1.54) is 6.42 Å². The van der Waals surface area contributed by atoms with Crippen molar-refractivity contribution >= 4 is 0 Å². The maximum atomic E-state index is 9.42. The van der Waals surface area contributed by atoms with E-state index in [2.05, 4.69) is 23.7 Å². The SMILES string of the molecule is CC(O)c1coc(C2CCCN2C(C)C)n1. The lowest BCUT2D eigenvalue weighted by molar-refractivity contribution is 0.179. The van der Waals surface area contributed by atoms with Crippen LogP contribution in [-0.2, 0) is 0 Å². The molecule has 1 N–H and O–H groups in total. The van der Waals surface area contributed by atoms with Crippen molar-refractivity contribution in [3.05, 3.63) is 17.8 Å². The smallest absolute Gasteiger partial charge is 0.211 e. The van der Waals surface area contributed by atoms with Gasteiger partial charge in [-0.3, -0.25) is 4.90 Å². The first-order valence-electron chi connectivity index (χ1n) is 5.98. The molecule has 4 heteroatoms. The summed E-state index contributed by atoms with van der Waals surface area (Å²) < 4.78 is 5.48. The summed E-state index contributed by atoms with van der Waals surface area (Å²) >= 11 is 0. The Morgan fingerprint density at radius 1 is 1.50 bits per heavy atom. The van der Waals surface area contributed by atoms with Crippen molar-refractivity contribution in [1.82, 2.24) is 9.88 Å². The van der Waals surface area contributed by atoms with Crippen LogP contribution >= 0.6 is 0 Å². The highest BCUT2D eigenvalue weighted by atomic mass is 16.3. The second-order valence-corrected chi connectivity index (χ2v) is 4.78. The van der Waals surface area contributed by atoms with Crippen molar-refractivity contribution in [2.24, 2.45) is 0 Å². The molecule has 4 nitrogen and oxygen atoms in total. The lowest BCUT2D eigenvalue weighted by atomic mass is 10.2. The Kier molecular flexibility index (Phi) is 3.30. The Balaban J connectivity index is 2.16. The van der Waals surface area contributed by atoms with Gasteiger partial charge in [0.25, 0.3) is 0 Å². The number of aliphatic hydroxyl groups is 1. The van der Waals surface area contributed by atoms with E-state index in [9.17, 15) is 5.11 Å². The second-order valence-electron chi connectivity index (χ2n) is 4.78. The third-order valence-corrected chi connectivity index (χ3v) is 3.21. The van der Waals surface area contributed by atoms with Gasteiger partial charge < -0.3 is 9.52 Å². The Hall–Kier alpha value is -0.870. The number of aliphatic hydroxyl groups excluding tert-OH is 1. The quantitative estimate of drug-likeness (QED) is 0.855. The molecule has 1 aliphatic heterocycles. The number of aromatic nitrogens is 1. The number of rotatable bonds is 3. The molecule has 0 radical (unpaired) electrons. The Labute approximate surface area is 96.3 Å². The normalized spacial score (nSPS) is 24.2. The van der Waals surface area contributed by atoms with E-state index in [0.717, 1.165) is 18.9 Å². The van der Waals surface area contributed by atoms with Gasteiger partial charge in [0.2, 0.25) is 5.89 Å². The number of hydrogen-bond acceptors (Lipinski definition) is 4. The van der Waals surface area contributed by atoms with Gasteiger partial charge in [0.05, 0.1) is 12.1 Å². The molecule has 0 aliphatic carbocycles. The van der Waals surface area contributed by atoms with E-state index in [4.69, 9.17) is 4.42 Å². The molecule has 2 rings (SSSR count). The summed E-state index contributed by atoms with van der Waals surface area (Å²) in [6, 6.07) is 0.793. The van der Waals surface area contributed by atoms with Gasteiger partial charge in [-0.05, 0) is 40.2 Å². The summed E-state index contributed by atoms with van der Waals surface area (Å²) in [5, 5.41) is 9.42. The average Bonchev–Trinajstić information content (AvgIpc) is 2.86. The van der Waals surface area contributed by atoms with Crippen LogP contribution in [0.3, 0.4) is 0 Å². The van der Waals surface area contributed by atoms with Crippen LogP contribution < -0.4 is 0 Å².